The number of nitrogens with one attached hydrogen (secondary N) is 1. The third-order valence-electron chi connectivity index (χ3n) is 7.32. The summed E-state index contributed by atoms with van der Waals surface area (Å²) in [4.78, 5) is 29.8. The molecule has 39 heavy (non-hydrogen) atoms. The molecule has 1 fully saturated rings. The molecule has 2 atom stereocenters. The Morgan fingerprint density at radius 2 is 1.56 bits per heavy atom. The molecule has 2 N–H and O–H groups in total. The standard InChI is InChI=1S/C30H30N2O7/c33-22-13-10-19(11-14-22)28(29(34)31-20-6-2-1-3-7-20)32(21-12-15-24-26(16-21)38-18-37-24)30(35)27-17-36-23-8-4-5-9-25(23)39-27/h4-5,8-16,20,27-28,33H,1-3,6-7,17-18H2,(H,31,34)/t27-,28+/m1/s1. The van der Waals surface area contributed by atoms with Gasteiger partial charge in [-0.25, -0.2) is 0 Å². The molecule has 6 rings (SSSR count). The molecule has 0 aromatic heterocycles. The number of carbonyl (C=O) groups is 2. The minimum absolute atomic E-state index is 0.0105. The number of rotatable bonds is 6. The Hall–Kier alpha value is -4.40. The molecule has 2 amide bonds. The van der Waals surface area contributed by atoms with Crippen LogP contribution in [0.25, 0.3) is 0 Å². The van der Waals surface area contributed by atoms with E-state index < -0.39 is 18.1 Å². The van der Waals surface area contributed by atoms with E-state index in [9.17, 15) is 14.7 Å². The fourth-order valence-electron chi connectivity index (χ4n) is 5.34. The summed E-state index contributed by atoms with van der Waals surface area (Å²) in [6.07, 6.45) is 4.03. The molecule has 3 aliphatic rings. The lowest BCUT2D eigenvalue weighted by molar-refractivity contribution is -0.132. The summed E-state index contributed by atoms with van der Waals surface area (Å²) < 4.78 is 23.0. The van der Waals surface area contributed by atoms with E-state index in [2.05, 4.69) is 5.32 Å². The Morgan fingerprint density at radius 1 is 0.846 bits per heavy atom. The van der Waals surface area contributed by atoms with Crippen molar-refractivity contribution in [2.45, 2.75) is 50.3 Å². The van der Waals surface area contributed by atoms with Gasteiger partial charge >= 0.3 is 0 Å². The van der Waals surface area contributed by atoms with Gasteiger partial charge in [-0.3, -0.25) is 14.5 Å². The first kappa shape index (κ1) is 24.9. The van der Waals surface area contributed by atoms with Crippen molar-refractivity contribution in [3.05, 3.63) is 72.3 Å². The summed E-state index contributed by atoms with van der Waals surface area (Å²) >= 11 is 0. The lowest BCUT2D eigenvalue weighted by Gasteiger charge is -2.36. The van der Waals surface area contributed by atoms with Crippen LogP contribution in [0.4, 0.5) is 5.69 Å². The second-order valence-corrected chi connectivity index (χ2v) is 9.95. The summed E-state index contributed by atoms with van der Waals surface area (Å²) in [7, 11) is 0. The van der Waals surface area contributed by atoms with E-state index in [4.69, 9.17) is 18.9 Å². The molecule has 3 aromatic rings. The van der Waals surface area contributed by atoms with Gasteiger partial charge in [0, 0.05) is 17.8 Å². The topological polar surface area (TPSA) is 107 Å². The van der Waals surface area contributed by atoms with Crippen LogP contribution in [-0.4, -0.2) is 42.5 Å². The van der Waals surface area contributed by atoms with Crippen molar-refractivity contribution < 1.29 is 33.6 Å². The first-order valence-corrected chi connectivity index (χ1v) is 13.3. The Kier molecular flexibility index (Phi) is 6.87. The van der Waals surface area contributed by atoms with Crippen LogP contribution in [0.1, 0.15) is 43.7 Å². The number of carbonyl (C=O) groups excluding carboxylic acids is 2. The van der Waals surface area contributed by atoms with E-state index >= 15 is 0 Å². The minimum Gasteiger partial charge on any atom is -0.508 e. The van der Waals surface area contributed by atoms with Crippen molar-refractivity contribution in [3.8, 4) is 28.7 Å². The highest BCUT2D eigenvalue weighted by Crippen LogP contribution is 2.40. The van der Waals surface area contributed by atoms with Gasteiger partial charge in [-0.15, -0.1) is 0 Å². The van der Waals surface area contributed by atoms with Crippen molar-refractivity contribution in [1.29, 1.82) is 0 Å². The quantitative estimate of drug-likeness (QED) is 0.484. The van der Waals surface area contributed by atoms with E-state index in [1.54, 1.807) is 42.5 Å². The number of ether oxygens (including phenoxy) is 4. The van der Waals surface area contributed by atoms with Crippen LogP contribution >= 0.6 is 0 Å². The molecule has 0 unspecified atom stereocenters. The van der Waals surface area contributed by atoms with Gasteiger partial charge in [-0.1, -0.05) is 43.5 Å². The molecular weight excluding hydrogens is 500 g/mol. The highest BCUT2D eigenvalue weighted by molar-refractivity contribution is 6.04. The fraction of sp³-hybridized carbons (Fsp3) is 0.333. The van der Waals surface area contributed by atoms with Crippen LogP contribution < -0.4 is 29.2 Å². The normalized spacial score (nSPS) is 18.7. The molecule has 1 saturated carbocycles. The maximum Gasteiger partial charge on any atom is 0.272 e. The molecule has 2 heterocycles. The number of amides is 2. The zero-order chi connectivity index (χ0) is 26.8. The Balaban J connectivity index is 1.41. The highest BCUT2D eigenvalue weighted by Gasteiger charge is 2.40. The van der Waals surface area contributed by atoms with Gasteiger partial charge in [0.25, 0.3) is 5.91 Å². The molecule has 3 aromatic carbocycles. The van der Waals surface area contributed by atoms with Gasteiger partial charge in [-0.2, -0.15) is 0 Å². The largest absolute Gasteiger partial charge is 0.508 e. The van der Waals surface area contributed by atoms with Crippen molar-refractivity contribution in [2.24, 2.45) is 0 Å². The second-order valence-electron chi connectivity index (χ2n) is 9.95. The lowest BCUT2D eigenvalue weighted by Crippen LogP contribution is -2.52. The molecule has 1 aliphatic carbocycles. The number of phenolic OH excluding ortho intramolecular Hbond substituents is 1. The first-order chi connectivity index (χ1) is 19.1. The zero-order valence-electron chi connectivity index (χ0n) is 21.4. The highest BCUT2D eigenvalue weighted by atomic mass is 16.7. The molecule has 9 nitrogen and oxygen atoms in total. The predicted octanol–water partition coefficient (Wildman–Crippen LogP) is 4.48. The molecule has 0 radical (unpaired) electrons. The predicted molar refractivity (Wildman–Crippen MR) is 142 cm³/mol. The summed E-state index contributed by atoms with van der Waals surface area (Å²) in [5, 5.41) is 13.1. The van der Waals surface area contributed by atoms with Crippen molar-refractivity contribution >= 4 is 17.5 Å². The van der Waals surface area contributed by atoms with Crippen LogP contribution in [0.5, 0.6) is 28.7 Å². The van der Waals surface area contributed by atoms with E-state index in [1.165, 1.54) is 17.0 Å². The monoisotopic (exact) mass is 530 g/mol. The summed E-state index contributed by atoms with van der Waals surface area (Å²) in [6, 6.07) is 17.6. The summed E-state index contributed by atoms with van der Waals surface area (Å²) in [5.41, 5.74) is 0.993. The van der Waals surface area contributed by atoms with Crippen molar-refractivity contribution in [2.75, 3.05) is 18.3 Å². The van der Waals surface area contributed by atoms with Crippen molar-refractivity contribution in [1.82, 2.24) is 5.32 Å². The minimum atomic E-state index is -1.04. The number of hydrogen-bond acceptors (Lipinski definition) is 7. The summed E-state index contributed by atoms with van der Waals surface area (Å²) in [5.74, 6) is 1.36. The Morgan fingerprint density at radius 3 is 2.36 bits per heavy atom. The van der Waals surface area contributed by atoms with Gasteiger partial charge in [0.05, 0.1) is 0 Å². The second kappa shape index (κ2) is 10.8. The zero-order valence-corrected chi connectivity index (χ0v) is 21.4. The third kappa shape index (κ3) is 5.16. The first-order valence-electron chi connectivity index (χ1n) is 13.3. The number of anilines is 1. The number of hydrogen-bond donors (Lipinski definition) is 2. The smallest absolute Gasteiger partial charge is 0.272 e. The summed E-state index contributed by atoms with van der Waals surface area (Å²) in [6.45, 7) is 0.0656. The maximum absolute atomic E-state index is 14.3. The van der Waals surface area contributed by atoms with Gasteiger partial charge in [-0.05, 0) is 54.8 Å². The molecule has 9 heteroatoms. The van der Waals surface area contributed by atoms with Gasteiger partial charge < -0.3 is 29.4 Å². The number of para-hydroxylation sites is 2. The number of aromatic hydroxyl groups is 1. The SMILES string of the molecule is O=C(NC1CCCCC1)[C@H](c1ccc(O)cc1)N(C(=O)[C@H]1COc2ccccc2O1)c1ccc2c(c1)OCO2. The maximum atomic E-state index is 14.3. The lowest BCUT2D eigenvalue weighted by atomic mass is 9.94. The van der Waals surface area contributed by atoms with Crippen LogP contribution in [0.3, 0.4) is 0 Å². The number of fused-ring (bicyclic) bond motifs is 2. The van der Waals surface area contributed by atoms with Crippen LogP contribution in [0, 0.1) is 0 Å². The Bertz CT molecular complexity index is 1350. The molecule has 2 aliphatic heterocycles. The van der Waals surface area contributed by atoms with Gasteiger partial charge in [0.15, 0.2) is 23.0 Å². The van der Waals surface area contributed by atoms with Gasteiger partial charge in [0.2, 0.25) is 18.8 Å². The number of nitrogens with zero attached hydrogens (tertiary/aromatic N) is 1. The average molecular weight is 531 g/mol. The molecule has 0 saturated heterocycles. The number of benzene rings is 3. The van der Waals surface area contributed by atoms with Crippen LogP contribution in [0.15, 0.2) is 66.7 Å². The van der Waals surface area contributed by atoms with E-state index in [-0.39, 0.29) is 31.1 Å². The fourth-order valence-corrected chi connectivity index (χ4v) is 5.34. The Labute approximate surface area is 226 Å². The van der Waals surface area contributed by atoms with Crippen molar-refractivity contribution in [3.63, 3.8) is 0 Å². The van der Waals surface area contributed by atoms with E-state index in [0.717, 1.165) is 32.1 Å². The molecule has 0 spiro atoms. The average Bonchev–Trinajstić information content (AvgIpc) is 3.44. The molecule has 202 valence electrons. The van der Waals surface area contributed by atoms with Crippen LogP contribution in [0.2, 0.25) is 0 Å². The molecular formula is C30H30N2O7. The van der Waals surface area contributed by atoms with Crippen LogP contribution in [-0.2, 0) is 9.59 Å². The molecule has 0 bridgehead atoms. The number of phenols is 1. The van der Waals surface area contributed by atoms with E-state index in [1.807, 2.05) is 12.1 Å². The van der Waals surface area contributed by atoms with E-state index in [0.29, 0.717) is 34.2 Å². The van der Waals surface area contributed by atoms with Gasteiger partial charge in [0.1, 0.15) is 18.4 Å². The third-order valence-corrected chi connectivity index (χ3v) is 7.32.